The molecule has 5 atom stereocenters. The molecule has 0 bridgehead atoms. The van der Waals surface area contributed by atoms with Crippen LogP contribution in [0.2, 0.25) is 0 Å². The standard InChI is InChI=1S/C31H41N7O7/c1-30(2,3)45-29(43)32-23-14-9-7-5-6-8-12-20-17-31(20,28(41)42)33-26(39)24-16-21(18-37(24)27(23)40)38-35-25(34-36-38)19-11-10-13-22(15-19)44-4/h8,10-13,15,20-21,23-24H,5-7,9,14,16-18H2,1-4H3,(H,32,43)(H,33,39)(H,41,42)/b12-8-/t20-,21+,23-,24-,31+/m0/s1. The first kappa shape index (κ1) is 31.9. The second-order valence-corrected chi connectivity index (χ2v) is 12.9. The zero-order valence-corrected chi connectivity index (χ0v) is 26.1. The number of hydrogen-bond donors (Lipinski definition) is 3. The number of hydrogen-bond acceptors (Lipinski definition) is 9. The summed E-state index contributed by atoms with van der Waals surface area (Å²) in [5.74, 6) is -1.52. The molecule has 5 rings (SSSR count). The Balaban J connectivity index is 1.44. The van der Waals surface area contributed by atoms with Gasteiger partial charge in [-0.05, 0) is 63.8 Å². The van der Waals surface area contributed by atoms with Crippen molar-refractivity contribution in [2.24, 2.45) is 5.92 Å². The molecule has 0 unspecified atom stereocenters. The fourth-order valence-corrected chi connectivity index (χ4v) is 5.95. The number of tetrazole rings is 1. The quantitative estimate of drug-likeness (QED) is 0.420. The van der Waals surface area contributed by atoms with Gasteiger partial charge in [-0.25, -0.2) is 9.59 Å². The number of alkyl carbamates (subject to hydrolysis) is 1. The molecular formula is C31H41N7O7. The average Bonchev–Trinajstić information content (AvgIpc) is 3.31. The summed E-state index contributed by atoms with van der Waals surface area (Å²) < 4.78 is 10.7. The summed E-state index contributed by atoms with van der Waals surface area (Å²) in [5, 5.41) is 28.5. The molecule has 14 nitrogen and oxygen atoms in total. The van der Waals surface area contributed by atoms with E-state index in [1.807, 2.05) is 18.2 Å². The minimum absolute atomic E-state index is 0.0563. The van der Waals surface area contributed by atoms with Crippen molar-refractivity contribution in [1.82, 2.24) is 35.7 Å². The van der Waals surface area contributed by atoms with Gasteiger partial charge in [0, 0.05) is 24.4 Å². The van der Waals surface area contributed by atoms with Crippen LogP contribution in [0.4, 0.5) is 4.79 Å². The van der Waals surface area contributed by atoms with Crippen LogP contribution in [0.15, 0.2) is 36.4 Å². The molecule has 1 aromatic carbocycles. The van der Waals surface area contributed by atoms with Crippen LogP contribution in [0.25, 0.3) is 11.4 Å². The van der Waals surface area contributed by atoms with E-state index < -0.39 is 53.1 Å². The van der Waals surface area contributed by atoms with Gasteiger partial charge in [-0.3, -0.25) is 9.59 Å². The SMILES string of the molecule is COc1cccc(-c2nnn([C@@H]3C[C@H]4C(=O)N[C@]5(C(=O)O)C[C@@H]5/C=C\CCCCC[C@H](NC(=O)OC(C)(C)C)C(=O)N4C3)n2)c1. The Morgan fingerprint density at radius 3 is 2.71 bits per heavy atom. The maximum atomic E-state index is 14.2. The number of aliphatic carboxylic acids is 1. The summed E-state index contributed by atoms with van der Waals surface area (Å²) in [6.45, 7) is 5.26. The van der Waals surface area contributed by atoms with Gasteiger partial charge >= 0.3 is 12.1 Å². The number of aromatic nitrogens is 4. The predicted octanol–water partition coefficient (Wildman–Crippen LogP) is 2.86. The molecule has 1 aromatic heterocycles. The lowest BCUT2D eigenvalue weighted by atomic mass is 10.0. The Kier molecular flexibility index (Phi) is 9.12. The Bertz CT molecular complexity index is 1470. The van der Waals surface area contributed by atoms with Gasteiger partial charge in [0.05, 0.1) is 13.2 Å². The molecule has 3 heterocycles. The van der Waals surface area contributed by atoms with Crippen molar-refractivity contribution in [3.8, 4) is 17.1 Å². The number of nitrogens with zero attached hydrogens (tertiary/aromatic N) is 5. The number of benzene rings is 1. The average molecular weight is 624 g/mol. The fourth-order valence-electron chi connectivity index (χ4n) is 5.95. The van der Waals surface area contributed by atoms with Crippen LogP contribution in [-0.2, 0) is 19.1 Å². The third-order valence-electron chi connectivity index (χ3n) is 8.41. The molecule has 242 valence electrons. The van der Waals surface area contributed by atoms with Crippen LogP contribution in [0, 0.1) is 5.92 Å². The van der Waals surface area contributed by atoms with Crippen LogP contribution < -0.4 is 15.4 Å². The number of allylic oxidation sites excluding steroid dienone is 1. The van der Waals surface area contributed by atoms with E-state index in [0.29, 0.717) is 30.0 Å². The normalized spacial score (nSPS) is 28.0. The molecule has 3 N–H and O–H groups in total. The van der Waals surface area contributed by atoms with E-state index in [9.17, 15) is 24.3 Å². The maximum Gasteiger partial charge on any atom is 0.408 e. The van der Waals surface area contributed by atoms with E-state index in [4.69, 9.17) is 9.47 Å². The van der Waals surface area contributed by atoms with Gasteiger partial charge in [-0.15, -0.1) is 10.2 Å². The van der Waals surface area contributed by atoms with Crippen LogP contribution >= 0.6 is 0 Å². The predicted molar refractivity (Wildman–Crippen MR) is 161 cm³/mol. The molecule has 1 aliphatic carbocycles. The number of ether oxygens (including phenoxy) is 2. The lowest BCUT2D eigenvalue weighted by Crippen LogP contribution is -2.56. The molecule has 2 aromatic rings. The summed E-state index contributed by atoms with van der Waals surface area (Å²) in [5.41, 5.74) is -1.52. The highest BCUT2D eigenvalue weighted by molar-refractivity contribution is 5.96. The molecule has 3 aliphatic rings. The third kappa shape index (κ3) is 7.26. The summed E-state index contributed by atoms with van der Waals surface area (Å²) in [4.78, 5) is 55.9. The van der Waals surface area contributed by atoms with E-state index in [1.54, 1.807) is 46.1 Å². The zero-order valence-electron chi connectivity index (χ0n) is 26.1. The molecule has 3 amide bonds. The van der Waals surface area contributed by atoms with Gasteiger partial charge in [0.1, 0.15) is 29.0 Å². The zero-order chi connectivity index (χ0) is 32.4. The largest absolute Gasteiger partial charge is 0.497 e. The minimum Gasteiger partial charge on any atom is -0.497 e. The van der Waals surface area contributed by atoms with Crippen molar-refractivity contribution in [2.75, 3.05) is 13.7 Å². The molecule has 45 heavy (non-hydrogen) atoms. The fraction of sp³-hybridized carbons (Fsp3) is 0.581. The van der Waals surface area contributed by atoms with Gasteiger partial charge < -0.3 is 30.1 Å². The smallest absolute Gasteiger partial charge is 0.408 e. The molecule has 1 saturated heterocycles. The van der Waals surface area contributed by atoms with Crippen molar-refractivity contribution >= 4 is 23.9 Å². The number of rotatable bonds is 5. The second-order valence-electron chi connectivity index (χ2n) is 12.9. The van der Waals surface area contributed by atoms with E-state index in [-0.39, 0.29) is 25.3 Å². The summed E-state index contributed by atoms with van der Waals surface area (Å²) in [6.07, 6.45) is 6.88. The molecule has 2 fully saturated rings. The lowest BCUT2D eigenvalue weighted by Gasteiger charge is -2.30. The first-order chi connectivity index (χ1) is 21.4. The van der Waals surface area contributed by atoms with Gasteiger partial charge in [-0.2, -0.15) is 4.80 Å². The summed E-state index contributed by atoms with van der Waals surface area (Å²) in [7, 11) is 1.56. The monoisotopic (exact) mass is 623 g/mol. The summed E-state index contributed by atoms with van der Waals surface area (Å²) >= 11 is 0. The maximum absolute atomic E-state index is 14.2. The highest BCUT2D eigenvalue weighted by Gasteiger charge is 2.61. The van der Waals surface area contributed by atoms with E-state index in [2.05, 4.69) is 26.0 Å². The number of carboxylic acids is 1. The van der Waals surface area contributed by atoms with Gasteiger partial charge in [-0.1, -0.05) is 37.1 Å². The second kappa shape index (κ2) is 12.9. The van der Waals surface area contributed by atoms with Gasteiger partial charge in [0.15, 0.2) is 0 Å². The van der Waals surface area contributed by atoms with E-state index in [1.165, 1.54) is 9.70 Å². The van der Waals surface area contributed by atoms with Crippen LogP contribution in [0.5, 0.6) is 5.75 Å². The lowest BCUT2D eigenvalue weighted by molar-refractivity contribution is -0.145. The summed E-state index contributed by atoms with van der Waals surface area (Å²) in [6, 6.07) is 4.69. The number of amides is 3. The van der Waals surface area contributed by atoms with E-state index in [0.717, 1.165) is 19.3 Å². The molecule has 1 saturated carbocycles. The molecule has 14 heteroatoms. The molecule has 0 radical (unpaired) electrons. The Hall–Kier alpha value is -4.49. The van der Waals surface area contributed by atoms with Crippen molar-refractivity contribution < 1.29 is 33.8 Å². The molecule has 2 aliphatic heterocycles. The molecular weight excluding hydrogens is 582 g/mol. The highest BCUT2D eigenvalue weighted by Crippen LogP contribution is 2.45. The minimum atomic E-state index is -1.43. The number of methoxy groups -OCH3 is 1. The first-order valence-electron chi connectivity index (χ1n) is 15.4. The van der Waals surface area contributed by atoms with Crippen LogP contribution in [0.3, 0.4) is 0 Å². The number of carboxylic acid groups (broad SMARTS) is 1. The van der Waals surface area contributed by atoms with Gasteiger partial charge in [0.25, 0.3) is 0 Å². The number of nitrogens with one attached hydrogen (secondary N) is 2. The van der Waals surface area contributed by atoms with Crippen molar-refractivity contribution in [2.45, 2.75) is 95.0 Å². The number of carbonyl (C=O) groups excluding carboxylic acids is 3. The van der Waals surface area contributed by atoms with Crippen molar-refractivity contribution in [1.29, 1.82) is 0 Å². The van der Waals surface area contributed by atoms with Crippen molar-refractivity contribution in [3.63, 3.8) is 0 Å². The molecule has 0 spiro atoms. The third-order valence-corrected chi connectivity index (χ3v) is 8.41. The number of carbonyl (C=O) groups is 4. The Labute approximate surface area is 261 Å². The van der Waals surface area contributed by atoms with Gasteiger partial charge in [0.2, 0.25) is 17.6 Å². The Morgan fingerprint density at radius 1 is 1.18 bits per heavy atom. The first-order valence-corrected chi connectivity index (χ1v) is 15.4. The van der Waals surface area contributed by atoms with E-state index >= 15 is 0 Å². The Morgan fingerprint density at radius 2 is 1.98 bits per heavy atom. The van der Waals surface area contributed by atoms with Crippen LogP contribution in [0.1, 0.15) is 71.8 Å². The van der Waals surface area contributed by atoms with Crippen LogP contribution in [-0.4, -0.2) is 91.0 Å². The highest BCUT2D eigenvalue weighted by atomic mass is 16.6. The van der Waals surface area contributed by atoms with Crippen molar-refractivity contribution in [3.05, 3.63) is 36.4 Å². The topological polar surface area (TPSA) is 178 Å². The number of fused-ring (bicyclic) bond motifs is 2.